The topological polar surface area (TPSA) is 67.2 Å². The van der Waals surface area contributed by atoms with Crippen molar-refractivity contribution in [3.63, 3.8) is 0 Å². The van der Waals surface area contributed by atoms with E-state index in [1.54, 1.807) is 4.90 Å². The van der Waals surface area contributed by atoms with Gasteiger partial charge in [-0.05, 0) is 61.9 Å². The molecule has 2 aromatic carbocycles. The van der Waals surface area contributed by atoms with E-state index in [1.807, 2.05) is 35.1 Å². The van der Waals surface area contributed by atoms with Crippen LogP contribution in [0.1, 0.15) is 63.6 Å². The highest BCUT2D eigenvalue weighted by Crippen LogP contribution is 2.32. The third-order valence-corrected chi connectivity index (χ3v) is 6.83. The summed E-state index contributed by atoms with van der Waals surface area (Å²) >= 11 is 0. The second kappa shape index (κ2) is 8.26. The molecule has 1 atom stereocenters. The lowest BCUT2D eigenvalue weighted by Gasteiger charge is -2.25. The first-order chi connectivity index (χ1) is 15.5. The van der Waals surface area contributed by atoms with Gasteiger partial charge in [0.2, 0.25) is 5.91 Å². The Morgan fingerprint density at radius 3 is 2.84 bits per heavy atom. The first kappa shape index (κ1) is 20.5. The molecular weight excluding hydrogens is 400 g/mol. The van der Waals surface area contributed by atoms with Crippen LogP contribution in [-0.2, 0) is 17.8 Å². The molecule has 1 aromatic heterocycles. The number of amides is 2. The van der Waals surface area contributed by atoms with Crippen molar-refractivity contribution in [3.8, 4) is 5.69 Å². The van der Waals surface area contributed by atoms with Crippen molar-refractivity contribution in [2.24, 2.45) is 0 Å². The number of fused-ring (bicyclic) bond motifs is 2. The van der Waals surface area contributed by atoms with Gasteiger partial charge in [0.05, 0.1) is 17.9 Å². The van der Waals surface area contributed by atoms with Gasteiger partial charge in [0.1, 0.15) is 0 Å². The predicted octanol–water partition coefficient (Wildman–Crippen LogP) is 4.03. The second-order valence-electron chi connectivity index (χ2n) is 8.82. The van der Waals surface area contributed by atoms with Crippen LogP contribution in [0.15, 0.2) is 48.7 Å². The largest absolute Gasteiger partial charge is 0.349 e. The second-order valence-corrected chi connectivity index (χ2v) is 8.82. The van der Waals surface area contributed by atoms with E-state index in [0.717, 1.165) is 41.6 Å². The summed E-state index contributed by atoms with van der Waals surface area (Å²) in [7, 11) is 0. The zero-order chi connectivity index (χ0) is 22.2. The van der Waals surface area contributed by atoms with Crippen LogP contribution in [0.4, 0.5) is 0 Å². The molecule has 164 valence electrons. The Labute approximate surface area is 188 Å². The van der Waals surface area contributed by atoms with E-state index in [2.05, 4.69) is 42.5 Å². The van der Waals surface area contributed by atoms with Crippen LogP contribution >= 0.6 is 0 Å². The van der Waals surface area contributed by atoms with Crippen molar-refractivity contribution in [2.45, 2.75) is 52.1 Å². The van der Waals surface area contributed by atoms with Gasteiger partial charge >= 0.3 is 0 Å². The molecule has 6 heteroatoms. The van der Waals surface area contributed by atoms with Gasteiger partial charge in [-0.15, -0.1) is 0 Å². The molecule has 0 spiro atoms. The van der Waals surface area contributed by atoms with Gasteiger partial charge in [0, 0.05) is 36.3 Å². The molecule has 6 nitrogen and oxygen atoms in total. The van der Waals surface area contributed by atoms with Gasteiger partial charge in [-0.1, -0.05) is 30.3 Å². The lowest BCUT2D eigenvalue weighted by molar-refractivity contribution is -0.122. The summed E-state index contributed by atoms with van der Waals surface area (Å²) in [5.41, 5.74) is 7.64. The number of nitrogens with zero attached hydrogens (tertiary/aromatic N) is 3. The van der Waals surface area contributed by atoms with Crippen LogP contribution in [0.3, 0.4) is 0 Å². The molecule has 5 rings (SSSR count). The zero-order valence-electron chi connectivity index (χ0n) is 18.6. The van der Waals surface area contributed by atoms with Crippen LogP contribution in [0.2, 0.25) is 0 Å². The van der Waals surface area contributed by atoms with E-state index in [1.165, 1.54) is 16.8 Å². The number of rotatable bonds is 5. The van der Waals surface area contributed by atoms with Gasteiger partial charge in [-0.2, -0.15) is 5.10 Å². The number of benzene rings is 2. The van der Waals surface area contributed by atoms with Gasteiger partial charge < -0.3 is 10.2 Å². The number of carbonyl (C=O) groups is 2. The van der Waals surface area contributed by atoms with Gasteiger partial charge in [0.25, 0.3) is 5.91 Å². The van der Waals surface area contributed by atoms with Crippen LogP contribution in [0.25, 0.3) is 5.69 Å². The Bertz CT molecular complexity index is 1200. The molecule has 2 aliphatic rings. The van der Waals surface area contributed by atoms with E-state index >= 15 is 0 Å². The first-order valence-corrected chi connectivity index (χ1v) is 11.3. The average Bonchev–Trinajstić information content (AvgIpc) is 3.36. The quantitative estimate of drug-likeness (QED) is 0.667. The van der Waals surface area contributed by atoms with Crippen LogP contribution < -0.4 is 5.32 Å². The molecule has 1 unspecified atom stereocenters. The van der Waals surface area contributed by atoms with Crippen molar-refractivity contribution < 1.29 is 9.59 Å². The Kier molecular flexibility index (Phi) is 5.29. The van der Waals surface area contributed by atoms with Crippen molar-refractivity contribution in [3.05, 3.63) is 82.2 Å². The maximum atomic E-state index is 12.8. The highest BCUT2D eigenvalue weighted by atomic mass is 16.2. The standard InChI is InChI=1S/C26H28N4O2/c1-17-7-5-11-23(18(17)2)30-24-12-6-10-22(21(24)15-27-30)28-25(31)13-14-29-16-19-8-3-4-9-20(19)26(29)32/h3-5,7-9,11,15,22H,6,10,12-14,16H2,1-2H3,(H,28,31). The molecule has 0 bridgehead atoms. The molecule has 2 amide bonds. The lowest BCUT2D eigenvalue weighted by atomic mass is 9.92. The summed E-state index contributed by atoms with van der Waals surface area (Å²) in [6.07, 6.45) is 5.08. The van der Waals surface area contributed by atoms with Crippen LogP contribution in [-0.4, -0.2) is 33.0 Å². The maximum Gasteiger partial charge on any atom is 0.254 e. The number of aryl methyl sites for hydroxylation is 1. The number of carbonyl (C=O) groups excluding carboxylic acids is 2. The van der Waals surface area contributed by atoms with Gasteiger partial charge in [0.15, 0.2) is 0 Å². The summed E-state index contributed by atoms with van der Waals surface area (Å²) in [6, 6.07) is 13.9. The van der Waals surface area contributed by atoms with Crippen molar-refractivity contribution in [1.29, 1.82) is 0 Å². The van der Waals surface area contributed by atoms with Crippen molar-refractivity contribution in [1.82, 2.24) is 20.0 Å². The number of hydrogen-bond donors (Lipinski definition) is 1. The fraction of sp³-hybridized carbons (Fsp3) is 0.346. The molecule has 0 radical (unpaired) electrons. The molecule has 2 heterocycles. The smallest absolute Gasteiger partial charge is 0.254 e. The SMILES string of the molecule is Cc1cccc(-n2ncc3c2CCCC3NC(=O)CCN2Cc3ccccc3C2=O)c1C. The Morgan fingerprint density at radius 1 is 1.16 bits per heavy atom. The minimum absolute atomic E-state index is 0.0168. The zero-order valence-corrected chi connectivity index (χ0v) is 18.6. The van der Waals surface area contributed by atoms with Crippen molar-refractivity contribution in [2.75, 3.05) is 6.54 Å². The van der Waals surface area contributed by atoms with E-state index in [9.17, 15) is 9.59 Å². The fourth-order valence-corrected chi connectivity index (χ4v) is 4.88. The minimum atomic E-state index is -0.0309. The summed E-state index contributed by atoms with van der Waals surface area (Å²) in [6.45, 7) is 5.25. The molecule has 1 aliphatic heterocycles. The lowest BCUT2D eigenvalue weighted by Crippen LogP contribution is -2.34. The highest BCUT2D eigenvalue weighted by Gasteiger charge is 2.29. The van der Waals surface area contributed by atoms with E-state index in [-0.39, 0.29) is 17.9 Å². The summed E-state index contributed by atoms with van der Waals surface area (Å²) in [5.74, 6) is -0.00533. The molecule has 32 heavy (non-hydrogen) atoms. The molecule has 1 aliphatic carbocycles. The average molecular weight is 429 g/mol. The van der Waals surface area contributed by atoms with E-state index < -0.39 is 0 Å². The predicted molar refractivity (Wildman–Crippen MR) is 123 cm³/mol. The third-order valence-electron chi connectivity index (χ3n) is 6.83. The Balaban J connectivity index is 1.26. The highest BCUT2D eigenvalue weighted by molar-refractivity contribution is 5.98. The number of hydrogen-bond acceptors (Lipinski definition) is 3. The van der Waals surface area contributed by atoms with E-state index in [0.29, 0.717) is 19.5 Å². The molecule has 3 aromatic rings. The Morgan fingerprint density at radius 2 is 2.00 bits per heavy atom. The summed E-state index contributed by atoms with van der Waals surface area (Å²) in [4.78, 5) is 27.1. The first-order valence-electron chi connectivity index (χ1n) is 11.3. The van der Waals surface area contributed by atoms with Gasteiger partial charge in [-0.25, -0.2) is 4.68 Å². The fourth-order valence-electron chi connectivity index (χ4n) is 4.88. The van der Waals surface area contributed by atoms with Crippen molar-refractivity contribution >= 4 is 11.8 Å². The number of aromatic nitrogens is 2. The maximum absolute atomic E-state index is 12.8. The molecular formula is C26H28N4O2. The molecule has 0 saturated carbocycles. The van der Waals surface area contributed by atoms with Crippen LogP contribution in [0.5, 0.6) is 0 Å². The Hall–Kier alpha value is -3.41. The molecule has 0 saturated heterocycles. The number of nitrogens with one attached hydrogen (secondary N) is 1. The van der Waals surface area contributed by atoms with E-state index in [4.69, 9.17) is 0 Å². The summed E-state index contributed by atoms with van der Waals surface area (Å²) < 4.78 is 2.04. The monoisotopic (exact) mass is 428 g/mol. The minimum Gasteiger partial charge on any atom is -0.349 e. The van der Waals surface area contributed by atoms with Gasteiger partial charge in [-0.3, -0.25) is 9.59 Å². The van der Waals surface area contributed by atoms with Crippen LogP contribution in [0, 0.1) is 13.8 Å². The third kappa shape index (κ3) is 3.60. The molecule has 1 N–H and O–H groups in total. The molecule has 0 fully saturated rings. The summed E-state index contributed by atoms with van der Waals surface area (Å²) in [5, 5.41) is 7.88. The normalized spacial score (nSPS) is 17.2.